The number of hydrogen-bond acceptors (Lipinski definition) is 3. The summed E-state index contributed by atoms with van der Waals surface area (Å²) >= 11 is 0. The minimum Gasteiger partial charge on any atom is -0.494 e. The van der Waals surface area contributed by atoms with E-state index in [0.29, 0.717) is 31.0 Å². The van der Waals surface area contributed by atoms with Crippen molar-refractivity contribution >= 4 is 11.8 Å². The van der Waals surface area contributed by atoms with Gasteiger partial charge in [0.25, 0.3) is 0 Å². The number of hydrogen-bond donors (Lipinski definition) is 2. The number of azide groups is 1. The topological polar surface area (TPSA) is 107 Å². The lowest BCUT2D eigenvalue weighted by Crippen LogP contribution is -2.23. The molecule has 0 fully saturated rings. The zero-order valence-electron chi connectivity index (χ0n) is 9.04. The van der Waals surface area contributed by atoms with Gasteiger partial charge in [-0.3, -0.25) is 0 Å². The van der Waals surface area contributed by atoms with Gasteiger partial charge in [-0.2, -0.15) is 0 Å². The first-order chi connectivity index (χ1) is 8.22. The number of nitrogens with zero attached hydrogens (tertiary/aromatic N) is 3. The summed E-state index contributed by atoms with van der Waals surface area (Å²) in [7, 11) is 0. The van der Waals surface area contributed by atoms with Crippen LogP contribution in [0.15, 0.2) is 29.4 Å². The monoisotopic (exact) mass is 236 g/mol. The maximum Gasteiger partial charge on any atom is 0.404 e. The Morgan fingerprint density at radius 1 is 1.59 bits per heavy atom. The van der Waals surface area contributed by atoms with E-state index < -0.39 is 6.09 Å². The Morgan fingerprint density at radius 3 is 3.12 bits per heavy atom. The summed E-state index contributed by atoms with van der Waals surface area (Å²) in [5.74, 6) is 0.588. The smallest absolute Gasteiger partial charge is 0.404 e. The van der Waals surface area contributed by atoms with E-state index in [1.54, 1.807) is 24.3 Å². The Kier molecular flexibility index (Phi) is 5.19. The molecular formula is C10H12N4O3. The number of nitrogens with one attached hydrogen (secondary N) is 1. The van der Waals surface area contributed by atoms with Crippen molar-refractivity contribution in [2.75, 3.05) is 13.2 Å². The molecule has 0 unspecified atom stereocenters. The van der Waals surface area contributed by atoms with E-state index in [0.717, 1.165) is 0 Å². The molecule has 0 aliphatic rings. The lowest BCUT2D eigenvalue weighted by Gasteiger charge is -2.06. The van der Waals surface area contributed by atoms with E-state index in [9.17, 15) is 4.79 Å². The third-order valence-corrected chi connectivity index (χ3v) is 1.84. The number of benzene rings is 1. The van der Waals surface area contributed by atoms with Gasteiger partial charge >= 0.3 is 6.09 Å². The van der Waals surface area contributed by atoms with Gasteiger partial charge in [0.05, 0.1) is 6.61 Å². The molecule has 0 aliphatic carbocycles. The second kappa shape index (κ2) is 6.97. The quantitative estimate of drug-likeness (QED) is 0.343. The SMILES string of the molecule is [N-]=[N+]=Nc1cccc(OCCCNC(=O)O)c1. The van der Waals surface area contributed by atoms with Crippen molar-refractivity contribution < 1.29 is 14.6 Å². The van der Waals surface area contributed by atoms with Crippen LogP contribution in [0.1, 0.15) is 6.42 Å². The second-order valence-corrected chi connectivity index (χ2v) is 3.12. The van der Waals surface area contributed by atoms with Crippen LogP contribution >= 0.6 is 0 Å². The fourth-order valence-electron chi connectivity index (χ4n) is 1.14. The van der Waals surface area contributed by atoms with Crippen molar-refractivity contribution in [3.05, 3.63) is 34.7 Å². The molecule has 0 aromatic heterocycles. The zero-order valence-corrected chi connectivity index (χ0v) is 9.04. The molecule has 7 heteroatoms. The maximum absolute atomic E-state index is 10.2. The first-order valence-corrected chi connectivity index (χ1v) is 4.97. The van der Waals surface area contributed by atoms with E-state index in [1.807, 2.05) is 0 Å². The average molecular weight is 236 g/mol. The van der Waals surface area contributed by atoms with Crippen LogP contribution in [0.5, 0.6) is 5.75 Å². The predicted octanol–water partition coefficient (Wildman–Crippen LogP) is 2.66. The molecule has 0 aliphatic heterocycles. The highest BCUT2D eigenvalue weighted by Crippen LogP contribution is 2.19. The summed E-state index contributed by atoms with van der Waals surface area (Å²) in [6.45, 7) is 0.728. The molecule has 0 radical (unpaired) electrons. The van der Waals surface area contributed by atoms with Crippen LogP contribution in [0.25, 0.3) is 10.4 Å². The number of carbonyl (C=O) groups is 1. The summed E-state index contributed by atoms with van der Waals surface area (Å²) < 4.78 is 5.36. The molecule has 0 spiro atoms. The van der Waals surface area contributed by atoms with E-state index >= 15 is 0 Å². The maximum atomic E-state index is 10.2. The largest absolute Gasteiger partial charge is 0.494 e. The van der Waals surface area contributed by atoms with E-state index in [1.165, 1.54) is 0 Å². The van der Waals surface area contributed by atoms with Gasteiger partial charge in [-0.1, -0.05) is 17.2 Å². The molecule has 0 heterocycles. The summed E-state index contributed by atoms with van der Waals surface area (Å²) in [4.78, 5) is 12.8. The van der Waals surface area contributed by atoms with Gasteiger partial charge in [0.1, 0.15) is 5.75 Å². The van der Waals surface area contributed by atoms with E-state index in [2.05, 4.69) is 15.3 Å². The van der Waals surface area contributed by atoms with Crippen LogP contribution in [0.4, 0.5) is 10.5 Å². The van der Waals surface area contributed by atoms with Gasteiger partial charge in [0.2, 0.25) is 0 Å². The fourth-order valence-corrected chi connectivity index (χ4v) is 1.14. The molecule has 1 aromatic carbocycles. The van der Waals surface area contributed by atoms with Gasteiger partial charge < -0.3 is 15.2 Å². The van der Waals surface area contributed by atoms with Crippen molar-refractivity contribution in [3.63, 3.8) is 0 Å². The summed E-state index contributed by atoms with van der Waals surface area (Å²) in [5.41, 5.74) is 8.74. The number of carboxylic acid groups (broad SMARTS) is 1. The molecule has 2 N–H and O–H groups in total. The Hall–Kier alpha value is -2.40. The first kappa shape index (κ1) is 12.7. The summed E-state index contributed by atoms with van der Waals surface area (Å²) in [6, 6.07) is 6.73. The van der Waals surface area contributed by atoms with Crippen molar-refractivity contribution in [1.82, 2.24) is 5.32 Å². The fraction of sp³-hybridized carbons (Fsp3) is 0.300. The van der Waals surface area contributed by atoms with Crippen LogP contribution in [-0.4, -0.2) is 24.4 Å². The van der Waals surface area contributed by atoms with Gasteiger partial charge in [-0.05, 0) is 24.1 Å². The van der Waals surface area contributed by atoms with Crippen LogP contribution < -0.4 is 10.1 Å². The lowest BCUT2D eigenvalue weighted by molar-refractivity contribution is 0.193. The van der Waals surface area contributed by atoms with Crippen molar-refractivity contribution in [3.8, 4) is 5.75 Å². The molecule has 0 bridgehead atoms. The van der Waals surface area contributed by atoms with Crippen molar-refractivity contribution in [1.29, 1.82) is 0 Å². The first-order valence-electron chi connectivity index (χ1n) is 4.97. The second-order valence-electron chi connectivity index (χ2n) is 3.12. The third kappa shape index (κ3) is 5.29. The van der Waals surface area contributed by atoms with E-state index in [4.69, 9.17) is 15.4 Å². The highest BCUT2D eigenvalue weighted by molar-refractivity contribution is 5.64. The summed E-state index contributed by atoms with van der Waals surface area (Å²) in [5, 5.41) is 14.0. The molecule has 1 aromatic rings. The predicted molar refractivity (Wildman–Crippen MR) is 61.4 cm³/mol. The van der Waals surface area contributed by atoms with Crippen LogP contribution in [0.2, 0.25) is 0 Å². The molecule has 0 saturated carbocycles. The van der Waals surface area contributed by atoms with Crippen LogP contribution in [0, 0.1) is 0 Å². The number of amides is 1. The minimum absolute atomic E-state index is 0.339. The Balaban J connectivity index is 2.33. The van der Waals surface area contributed by atoms with Crippen LogP contribution in [-0.2, 0) is 0 Å². The highest BCUT2D eigenvalue weighted by Gasteiger charge is 1.96. The highest BCUT2D eigenvalue weighted by atomic mass is 16.5. The zero-order chi connectivity index (χ0) is 12.5. The number of ether oxygens (including phenoxy) is 1. The lowest BCUT2D eigenvalue weighted by atomic mass is 10.3. The minimum atomic E-state index is -1.05. The number of rotatable bonds is 6. The standard InChI is InChI=1S/C10H12N4O3/c11-14-13-8-3-1-4-9(7-8)17-6-2-5-12-10(15)16/h1,3-4,7,12H,2,5-6H2,(H,15,16). The van der Waals surface area contributed by atoms with Gasteiger partial charge in [0.15, 0.2) is 0 Å². The molecule has 1 rings (SSSR count). The van der Waals surface area contributed by atoms with Gasteiger partial charge in [-0.25, -0.2) is 4.79 Å². The molecule has 0 saturated heterocycles. The Morgan fingerprint density at radius 2 is 2.41 bits per heavy atom. The van der Waals surface area contributed by atoms with E-state index in [-0.39, 0.29) is 0 Å². The molecule has 0 atom stereocenters. The third-order valence-electron chi connectivity index (χ3n) is 1.84. The Bertz CT molecular complexity index is 429. The molecule has 7 nitrogen and oxygen atoms in total. The normalized spacial score (nSPS) is 9.18. The molecular weight excluding hydrogens is 224 g/mol. The van der Waals surface area contributed by atoms with Crippen molar-refractivity contribution in [2.45, 2.75) is 6.42 Å². The van der Waals surface area contributed by atoms with Crippen molar-refractivity contribution in [2.24, 2.45) is 5.11 Å². The average Bonchev–Trinajstić information content (AvgIpc) is 2.29. The van der Waals surface area contributed by atoms with Crippen LogP contribution in [0.3, 0.4) is 0 Å². The molecule has 17 heavy (non-hydrogen) atoms. The van der Waals surface area contributed by atoms with Gasteiger partial charge in [-0.15, -0.1) is 0 Å². The summed E-state index contributed by atoms with van der Waals surface area (Å²) in [6.07, 6.45) is -0.478. The molecule has 90 valence electrons. The molecule has 1 amide bonds. The Labute approximate surface area is 97.6 Å². The van der Waals surface area contributed by atoms with Gasteiger partial charge in [0, 0.05) is 17.1 Å².